The van der Waals surface area contributed by atoms with Crippen molar-refractivity contribution in [2.45, 2.75) is 32.7 Å². The van der Waals surface area contributed by atoms with Crippen molar-refractivity contribution < 1.29 is 0 Å². The fraction of sp³-hybridized carbons (Fsp3) is 0.700. The fourth-order valence-electron chi connectivity index (χ4n) is 1.57. The Labute approximate surface area is 90.4 Å². The molecule has 14 heavy (non-hydrogen) atoms. The third-order valence-corrected chi connectivity index (χ3v) is 2.61. The lowest BCUT2D eigenvalue weighted by Crippen LogP contribution is -2.23. The van der Waals surface area contributed by atoms with Crippen LogP contribution < -0.4 is 5.32 Å². The van der Waals surface area contributed by atoms with Gasteiger partial charge < -0.3 is 5.32 Å². The zero-order chi connectivity index (χ0) is 10.6. The fourth-order valence-corrected chi connectivity index (χ4v) is 1.86. The van der Waals surface area contributed by atoms with Crippen LogP contribution in [0.5, 0.6) is 0 Å². The van der Waals surface area contributed by atoms with Crippen LogP contribution in [0, 0.1) is 0 Å². The average Bonchev–Trinajstić information content (AvgIpc) is 2.50. The van der Waals surface area contributed by atoms with Crippen LogP contribution in [-0.4, -0.2) is 16.3 Å². The summed E-state index contributed by atoms with van der Waals surface area (Å²) in [7, 11) is 1.93. The van der Waals surface area contributed by atoms with Crippen LogP contribution in [-0.2, 0) is 7.05 Å². The first kappa shape index (κ1) is 11.5. The minimum atomic E-state index is 0.315. The molecule has 0 aromatic carbocycles. The van der Waals surface area contributed by atoms with E-state index in [0.29, 0.717) is 6.04 Å². The average molecular weight is 216 g/mol. The number of hydrogen-bond donors (Lipinski definition) is 1. The molecule has 4 heteroatoms. The molecule has 1 heterocycles. The summed E-state index contributed by atoms with van der Waals surface area (Å²) >= 11 is 6.07. The SMILES string of the molecule is CCCNC(CC)c1c(Cl)cnn1C. The van der Waals surface area contributed by atoms with Gasteiger partial charge in [0.25, 0.3) is 0 Å². The van der Waals surface area contributed by atoms with Gasteiger partial charge in [0.2, 0.25) is 0 Å². The first-order valence-corrected chi connectivity index (χ1v) is 5.49. The van der Waals surface area contributed by atoms with Crippen molar-refractivity contribution in [3.8, 4) is 0 Å². The van der Waals surface area contributed by atoms with Gasteiger partial charge in [-0.3, -0.25) is 4.68 Å². The van der Waals surface area contributed by atoms with Gasteiger partial charge in [0.1, 0.15) is 0 Å². The van der Waals surface area contributed by atoms with E-state index >= 15 is 0 Å². The second-order valence-electron chi connectivity index (χ2n) is 3.42. The summed E-state index contributed by atoms with van der Waals surface area (Å²) in [4.78, 5) is 0. The number of nitrogens with zero attached hydrogens (tertiary/aromatic N) is 2. The molecule has 1 N–H and O–H groups in total. The van der Waals surface area contributed by atoms with E-state index in [-0.39, 0.29) is 0 Å². The summed E-state index contributed by atoms with van der Waals surface area (Å²) in [6, 6.07) is 0.315. The van der Waals surface area contributed by atoms with E-state index in [1.807, 2.05) is 11.7 Å². The zero-order valence-electron chi connectivity index (χ0n) is 9.05. The first-order chi connectivity index (χ1) is 6.70. The molecule has 0 bridgehead atoms. The van der Waals surface area contributed by atoms with Crippen LogP contribution >= 0.6 is 11.6 Å². The largest absolute Gasteiger partial charge is 0.309 e. The zero-order valence-corrected chi connectivity index (χ0v) is 9.80. The third-order valence-electron chi connectivity index (χ3n) is 2.32. The van der Waals surface area contributed by atoms with Gasteiger partial charge in [-0.25, -0.2) is 0 Å². The van der Waals surface area contributed by atoms with Gasteiger partial charge in [0.15, 0.2) is 0 Å². The summed E-state index contributed by atoms with van der Waals surface area (Å²) < 4.78 is 1.85. The van der Waals surface area contributed by atoms with Crippen LogP contribution in [0.3, 0.4) is 0 Å². The highest BCUT2D eigenvalue weighted by atomic mass is 35.5. The Balaban J connectivity index is 2.77. The topological polar surface area (TPSA) is 29.9 Å². The Bertz CT molecular complexity index is 263. The molecule has 1 rings (SSSR count). The van der Waals surface area contributed by atoms with E-state index in [0.717, 1.165) is 30.1 Å². The van der Waals surface area contributed by atoms with Crippen molar-refractivity contribution >= 4 is 11.6 Å². The summed E-state index contributed by atoms with van der Waals surface area (Å²) in [5, 5.41) is 8.35. The van der Waals surface area contributed by atoms with E-state index in [4.69, 9.17) is 11.6 Å². The predicted octanol–water partition coefficient (Wildman–Crippen LogP) is 2.52. The second kappa shape index (κ2) is 5.37. The molecule has 0 saturated heterocycles. The van der Waals surface area contributed by atoms with Crippen LogP contribution in [0.2, 0.25) is 5.02 Å². The van der Waals surface area contributed by atoms with Crippen molar-refractivity contribution in [2.24, 2.45) is 7.05 Å². The Morgan fingerprint density at radius 1 is 1.57 bits per heavy atom. The molecule has 0 aliphatic carbocycles. The van der Waals surface area contributed by atoms with E-state index in [1.54, 1.807) is 6.20 Å². The summed E-state index contributed by atoms with van der Waals surface area (Å²) in [5.74, 6) is 0. The van der Waals surface area contributed by atoms with Crippen molar-refractivity contribution in [1.29, 1.82) is 0 Å². The number of aryl methyl sites for hydroxylation is 1. The Kier molecular flexibility index (Phi) is 4.42. The first-order valence-electron chi connectivity index (χ1n) is 5.11. The van der Waals surface area contributed by atoms with Gasteiger partial charge in [-0.15, -0.1) is 0 Å². The molecular formula is C10H18ClN3. The highest BCUT2D eigenvalue weighted by Crippen LogP contribution is 2.23. The summed E-state index contributed by atoms with van der Waals surface area (Å²) in [5.41, 5.74) is 1.09. The van der Waals surface area contributed by atoms with Crippen LogP contribution in [0.1, 0.15) is 38.4 Å². The van der Waals surface area contributed by atoms with Gasteiger partial charge in [0, 0.05) is 7.05 Å². The molecule has 3 nitrogen and oxygen atoms in total. The molecule has 1 atom stereocenters. The quantitative estimate of drug-likeness (QED) is 0.818. The molecule has 80 valence electrons. The van der Waals surface area contributed by atoms with Gasteiger partial charge in [-0.2, -0.15) is 5.10 Å². The molecule has 1 unspecified atom stereocenters. The van der Waals surface area contributed by atoms with E-state index < -0.39 is 0 Å². The van der Waals surface area contributed by atoms with Crippen LogP contribution in [0.15, 0.2) is 6.20 Å². The van der Waals surface area contributed by atoms with Gasteiger partial charge in [-0.05, 0) is 19.4 Å². The maximum Gasteiger partial charge on any atom is 0.0833 e. The van der Waals surface area contributed by atoms with Gasteiger partial charge >= 0.3 is 0 Å². The monoisotopic (exact) mass is 215 g/mol. The van der Waals surface area contributed by atoms with Crippen molar-refractivity contribution in [1.82, 2.24) is 15.1 Å². The maximum absolute atomic E-state index is 6.07. The van der Waals surface area contributed by atoms with E-state index in [1.165, 1.54) is 0 Å². The maximum atomic E-state index is 6.07. The standard InChI is InChI=1S/C10H18ClN3/c1-4-6-12-9(5-2)10-8(11)7-13-14(10)3/h7,9,12H,4-6H2,1-3H3. The highest BCUT2D eigenvalue weighted by molar-refractivity contribution is 6.31. The van der Waals surface area contributed by atoms with Crippen LogP contribution in [0.25, 0.3) is 0 Å². The minimum absolute atomic E-state index is 0.315. The lowest BCUT2D eigenvalue weighted by molar-refractivity contribution is 0.484. The summed E-state index contributed by atoms with van der Waals surface area (Å²) in [6.45, 7) is 5.32. The van der Waals surface area contributed by atoms with E-state index in [2.05, 4.69) is 24.3 Å². The van der Waals surface area contributed by atoms with Crippen molar-refractivity contribution in [2.75, 3.05) is 6.54 Å². The Morgan fingerprint density at radius 2 is 2.29 bits per heavy atom. The van der Waals surface area contributed by atoms with E-state index in [9.17, 15) is 0 Å². The number of nitrogens with one attached hydrogen (secondary N) is 1. The molecule has 0 spiro atoms. The van der Waals surface area contributed by atoms with Gasteiger partial charge in [-0.1, -0.05) is 25.4 Å². The second-order valence-corrected chi connectivity index (χ2v) is 3.82. The lowest BCUT2D eigenvalue weighted by Gasteiger charge is -2.17. The molecule has 0 aliphatic heterocycles. The van der Waals surface area contributed by atoms with Crippen LogP contribution in [0.4, 0.5) is 0 Å². The molecule has 1 aromatic heterocycles. The molecule has 1 aromatic rings. The third kappa shape index (κ3) is 2.49. The van der Waals surface area contributed by atoms with Crippen molar-refractivity contribution in [3.63, 3.8) is 0 Å². The summed E-state index contributed by atoms with van der Waals surface area (Å²) in [6.07, 6.45) is 3.86. The lowest BCUT2D eigenvalue weighted by atomic mass is 10.1. The predicted molar refractivity (Wildman–Crippen MR) is 59.5 cm³/mol. The Morgan fingerprint density at radius 3 is 2.71 bits per heavy atom. The van der Waals surface area contributed by atoms with Gasteiger partial charge in [0.05, 0.1) is 23.0 Å². The van der Waals surface area contributed by atoms with Crippen molar-refractivity contribution in [3.05, 3.63) is 16.9 Å². The molecule has 0 saturated carbocycles. The molecule has 0 amide bonds. The molecule has 0 aliphatic rings. The number of halogens is 1. The highest BCUT2D eigenvalue weighted by Gasteiger charge is 2.16. The minimum Gasteiger partial charge on any atom is -0.309 e. The molecule has 0 fully saturated rings. The Hall–Kier alpha value is -0.540. The molecule has 0 radical (unpaired) electrons. The molecular weight excluding hydrogens is 198 g/mol. The number of aromatic nitrogens is 2. The smallest absolute Gasteiger partial charge is 0.0833 e. The number of hydrogen-bond acceptors (Lipinski definition) is 2. The number of rotatable bonds is 5. The normalized spacial score (nSPS) is 13.1.